The molecular formula is C12H19NO3. The summed E-state index contributed by atoms with van der Waals surface area (Å²) in [5, 5.41) is 8.64. The number of benzene rings is 1. The lowest BCUT2D eigenvalue weighted by atomic mass is 10.0. The van der Waals surface area contributed by atoms with Gasteiger partial charge < -0.3 is 15.6 Å². The van der Waals surface area contributed by atoms with Crippen LogP contribution >= 0.6 is 0 Å². The Morgan fingerprint density at radius 3 is 2.12 bits per heavy atom. The highest BCUT2D eigenvalue weighted by molar-refractivity contribution is 5.69. The smallest absolute Gasteiger partial charge is 0.306 e. The van der Waals surface area contributed by atoms with Crippen molar-refractivity contribution in [2.45, 2.75) is 13.3 Å². The van der Waals surface area contributed by atoms with Gasteiger partial charge in [-0.25, -0.2) is 0 Å². The maximum atomic E-state index is 10.5. The predicted molar refractivity (Wildman–Crippen MR) is 64.2 cm³/mol. The Morgan fingerprint density at radius 2 is 1.75 bits per heavy atom. The monoisotopic (exact) mass is 225 g/mol. The molecule has 4 nitrogen and oxygen atoms in total. The number of rotatable bonds is 3. The van der Waals surface area contributed by atoms with Gasteiger partial charge in [-0.1, -0.05) is 37.3 Å². The Hall–Kier alpha value is -1.68. The van der Waals surface area contributed by atoms with Gasteiger partial charge in [0.1, 0.15) is 6.79 Å². The zero-order valence-corrected chi connectivity index (χ0v) is 9.72. The van der Waals surface area contributed by atoms with Crippen molar-refractivity contribution >= 4 is 12.8 Å². The summed E-state index contributed by atoms with van der Waals surface area (Å²) >= 11 is 0. The zero-order chi connectivity index (χ0) is 13.0. The molecule has 0 amide bonds. The zero-order valence-electron chi connectivity index (χ0n) is 9.72. The number of carboxylic acids is 1. The van der Waals surface area contributed by atoms with E-state index >= 15 is 0 Å². The number of hydrogen-bond acceptors (Lipinski definition) is 3. The third-order valence-corrected chi connectivity index (χ3v) is 1.81. The van der Waals surface area contributed by atoms with Crippen molar-refractivity contribution in [3.63, 3.8) is 0 Å². The molecule has 4 heteroatoms. The molecule has 0 bridgehead atoms. The minimum absolute atomic E-state index is 0.299. The fourth-order valence-corrected chi connectivity index (χ4v) is 1.05. The molecule has 0 aromatic heterocycles. The third kappa shape index (κ3) is 7.70. The molecule has 1 aromatic rings. The number of hydrogen-bond donors (Lipinski definition) is 2. The van der Waals surface area contributed by atoms with E-state index in [9.17, 15) is 4.79 Å². The topological polar surface area (TPSA) is 80.4 Å². The summed E-state index contributed by atoms with van der Waals surface area (Å²) in [5.74, 6) is -1.04. The summed E-state index contributed by atoms with van der Waals surface area (Å²) < 4.78 is 0. The van der Waals surface area contributed by atoms with Gasteiger partial charge in [-0.2, -0.15) is 0 Å². The lowest BCUT2D eigenvalue weighted by molar-refractivity contribution is -0.141. The van der Waals surface area contributed by atoms with E-state index in [1.165, 1.54) is 7.05 Å². The average molecular weight is 225 g/mol. The molecule has 0 aliphatic heterocycles. The van der Waals surface area contributed by atoms with Gasteiger partial charge in [0.25, 0.3) is 0 Å². The Bertz CT molecular complexity index is 275. The van der Waals surface area contributed by atoms with E-state index in [0.29, 0.717) is 6.42 Å². The van der Waals surface area contributed by atoms with Crippen molar-refractivity contribution in [1.29, 1.82) is 0 Å². The fraction of sp³-hybridized carbons (Fsp3) is 0.333. The van der Waals surface area contributed by atoms with Gasteiger partial charge in [0, 0.05) is 0 Å². The number of nitrogens with two attached hydrogens (primary N) is 1. The molecule has 1 rings (SSSR count). The summed E-state index contributed by atoms with van der Waals surface area (Å²) in [7, 11) is 1.50. The van der Waals surface area contributed by atoms with E-state index in [-0.39, 0.29) is 5.92 Å². The molecule has 0 heterocycles. The molecule has 0 spiro atoms. The molecule has 1 aromatic carbocycles. The maximum Gasteiger partial charge on any atom is 0.306 e. The molecule has 1 unspecified atom stereocenters. The van der Waals surface area contributed by atoms with Gasteiger partial charge in [-0.15, -0.1) is 0 Å². The lowest BCUT2D eigenvalue weighted by Gasteiger charge is -2.04. The van der Waals surface area contributed by atoms with Crippen molar-refractivity contribution in [1.82, 2.24) is 0 Å². The Balaban J connectivity index is 0. The van der Waals surface area contributed by atoms with Crippen LogP contribution in [0.25, 0.3) is 0 Å². The molecule has 1 atom stereocenters. The van der Waals surface area contributed by atoms with Gasteiger partial charge in [-0.3, -0.25) is 4.79 Å². The Morgan fingerprint density at radius 1 is 1.31 bits per heavy atom. The molecule has 0 aliphatic carbocycles. The normalized spacial score (nSPS) is 9.94. The molecule has 0 saturated carbocycles. The largest absolute Gasteiger partial charge is 0.481 e. The molecule has 0 aliphatic rings. The first kappa shape index (κ1) is 16.7. The summed E-state index contributed by atoms with van der Waals surface area (Å²) in [6.45, 7) is 3.72. The summed E-state index contributed by atoms with van der Waals surface area (Å²) in [6.07, 6.45) is 0.607. The second-order valence-corrected chi connectivity index (χ2v) is 2.93. The van der Waals surface area contributed by atoms with Crippen LogP contribution in [0.3, 0.4) is 0 Å². The van der Waals surface area contributed by atoms with Crippen LogP contribution < -0.4 is 5.73 Å². The first-order valence-corrected chi connectivity index (χ1v) is 4.83. The highest BCUT2D eigenvalue weighted by Crippen LogP contribution is 2.07. The van der Waals surface area contributed by atoms with Crippen LogP contribution in [0.4, 0.5) is 0 Å². The number of aliphatic carboxylic acids is 1. The third-order valence-electron chi connectivity index (χ3n) is 1.81. The van der Waals surface area contributed by atoms with E-state index in [1.807, 2.05) is 37.1 Å². The minimum atomic E-state index is -0.737. The number of carboxylic acid groups (broad SMARTS) is 1. The summed E-state index contributed by atoms with van der Waals surface area (Å²) in [4.78, 5) is 18.5. The molecule has 3 N–H and O–H groups in total. The van der Waals surface area contributed by atoms with E-state index in [4.69, 9.17) is 9.90 Å². The van der Waals surface area contributed by atoms with Crippen LogP contribution in [-0.4, -0.2) is 24.9 Å². The van der Waals surface area contributed by atoms with Crippen molar-refractivity contribution in [3.8, 4) is 0 Å². The standard InChI is InChI=1S/C10H12O2.CH5N.CH2O/c1-8(10(11)12)7-9-5-3-2-4-6-9;2*1-2/h2-6,8H,7H2,1H3,(H,11,12);2H2,1H3;1H2. The van der Waals surface area contributed by atoms with E-state index in [0.717, 1.165) is 5.56 Å². The second kappa shape index (κ2) is 11.4. The average Bonchev–Trinajstić information content (AvgIpc) is 2.35. The van der Waals surface area contributed by atoms with Crippen molar-refractivity contribution in [2.24, 2.45) is 11.7 Å². The van der Waals surface area contributed by atoms with E-state index in [1.54, 1.807) is 6.92 Å². The quantitative estimate of drug-likeness (QED) is 0.813. The molecule has 0 saturated heterocycles. The van der Waals surface area contributed by atoms with Crippen LogP contribution in [0.2, 0.25) is 0 Å². The lowest BCUT2D eigenvalue weighted by Crippen LogP contribution is -2.11. The van der Waals surface area contributed by atoms with Gasteiger partial charge in [0.15, 0.2) is 0 Å². The summed E-state index contributed by atoms with van der Waals surface area (Å²) in [5.41, 5.74) is 5.58. The Kier molecular flexibility index (Phi) is 11.9. The van der Waals surface area contributed by atoms with Crippen molar-refractivity contribution < 1.29 is 14.7 Å². The maximum absolute atomic E-state index is 10.5. The van der Waals surface area contributed by atoms with Crippen LogP contribution in [0, 0.1) is 5.92 Å². The fourth-order valence-electron chi connectivity index (χ4n) is 1.05. The Labute approximate surface area is 96.1 Å². The molecule has 16 heavy (non-hydrogen) atoms. The molecule has 90 valence electrons. The van der Waals surface area contributed by atoms with Crippen molar-refractivity contribution in [3.05, 3.63) is 35.9 Å². The van der Waals surface area contributed by atoms with Gasteiger partial charge in [0.2, 0.25) is 0 Å². The second-order valence-electron chi connectivity index (χ2n) is 2.93. The van der Waals surface area contributed by atoms with Crippen LogP contribution in [-0.2, 0) is 16.0 Å². The highest BCUT2D eigenvalue weighted by atomic mass is 16.4. The predicted octanol–water partition coefficient (Wildman–Crippen LogP) is 1.34. The molecular weight excluding hydrogens is 206 g/mol. The number of carbonyl (C=O) groups is 2. The first-order chi connectivity index (χ1) is 7.70. The van der Waals surface area contributed by atoms with Gasteiger partial charge in [-0.05, 0) is 19.0 Å². The first-order valence-electron chi connectivity index (χ1n) is 4.83. The molecule has 0 fully saturated rings. The van der Waals surface area contributed by atoms with Crippen LogP contribution in [0.1, 0.15) is 12.5 Å². The van der Waals surface area contributed by atoms with Crippen LogP contribution in [0.15, 0.2) is 30.3 Å². The SMILES string of the molecule is C=O.CC(Cc1ccccc1)C(=O)O.CN. The number of carbonyl (C=O) groups excluding carboxylic acids is 1. The van der Waals surface area contributed by atoms with E-state index in [2.05, 4.69) is 5.73 Å². The van der Waals surface area contributed by atoms with Gasteiger partial charge in [0.05, 0.1) is 5.92 Å². The summed E-state index contributed by atoms with van der Waals surface area (Å²) in [6, 6.07) is 9.65. The van der Waals surface area contributed by atoms with Crippen LogP contribution in [0.5, 0.6) is 0 Å². The molecule has 0 radical (unpaired) electrons. The van der Waals surface area contributed by atoms with Crippen molar-refractivity contribution in [2.75, 3.05) is 7.05 Å². The van der Waals surface area contributed by atoms with Gasteiger partial charge >= 0.3 is 5.97 Å². The highest BCUT2D eigenvalue weighted by Gasteiger charge is 2.10. The van der Waals surface area contributed by atoms with E-state index < -0.39 is 5.97 Å². The minimum Gasteiger partial charge on any atom is -0.481 e.